The second kappa shape index (κ2) is 8.12. The fourth-order valence-electron chi connectivity index (χ4n) is 2.43. The van der Waals surface area contributed by atoms with Gasteiger partial charge in [-0.1, -0.05) is 72.8 Å². The van der Waals surface area contributed by atoms with Gasteiger partial charge in [0.2, 0.25) is 5.78 Å². The van der Waals surface area contributed by atoms with Crippen LogP contribution in [0.15, 0.2) is 95.1 Å². The quantitative estimate of drug-likeness (QED) is 0.368. The number of nitrogens with zero attached hydrogens (tertiary/aromatic N) is 2. The molecule has 0 fully saturated rings. The summed E-state index contributed by atoms with van der Waals surface area (Å²) in [4.78, 5) is 12.9. The highest BCUT2D eigenvalue weighted by atomic mass is 19.1. The summed E-state index contributed by atoms with van der Waals surface area (Å²) in [7, 11) is 0. The van der Waals surface area contributed by atoms with E-state index in [1.54, 1.807) is 31.2 Å². The molecule has 0 spiro atoms. The third-order valence-electron chi connectivity index (χ3n) is 3.86. The van der Waals surface area contributed by atoms with Crippen molar-refractivity contribution in [1.82, 2.24) is 0 Å². The van der Waals surface area contributed by atoms with E-state index in [9.17, 15) is 9.18 Å². The lowest BCUT2D eigenvalue weighted by Crippen LogP contribution is -2.15. The maximum absolute atomic E-state index is 13.1. The van der Waals surface area contributed by atoms with E-state index in [1.165, 1.54) is 12.1 Å². The van der Waals surface area contributed by atoms with Gasteiger partial charge in [-0.3, -0.25) is 4.79 Å². The highest BCUT2D eigenvalue weighted by Gasteiger charge is 2.16. The van der Waals surface area contributed by atoms with Gasteiger partial charge in [0.15, 0.2) is 0 Å². The molecule has 3 rings (SSSR count). The summed E-state index contributed by atoms with van der Waals surface area (Å²) >= 11 is 0. The van der Waals surface area contributed by atoms with Gasteiger partial charge in [0.05, 0.1) is 5.71 Å². The molecule has 3 aromatic carbocycles. The van der Waals surface area contributed by atoms with Crippen LogP contribution >= 0.6 is 0 Å². The number of hydrogen-bond acceptors (Lipinski definition) is 3. The minimum atomic E-state index is -0.311. The molecule has 0 saturated heterocycles. The van der Waals surface area contributed by atoms with Crippen molar-refractivity contribution in [1.29, 1.82) is 0 Å². The SMILES string of the molecule is C/C(=N\N=C(\C(=O)c1ccccc1)c1ccccc1)c1ccc(F)cc1. The summed E-state index contributed by atoms with van der Waals surface area (Å²) < 4.78 is 13.1. The Morgan fingerprint density at radius 2 is 1.23 bits per heavy atom. The predicted octanol–water partition coefficient (Wildman–Crippen LogP) is 4.92. The average molecular weight is 344 g/mol. The number of ketones is 1. The van der Waals surface area contributed by atoms with Gasteiger partial charge in [-0.25, -0.2) is 4.39 Å². The van der Waals surface area contributed by atoms with Crippen LogP contribution < -0.4 is 0 Å². The molecule has 0 unspecified atom stereocenters. The second-order valence-electron chi connectivity index (χ2n) is 5.70. The first-order valence-electron chi connectivity index (χ1n) is 8.18. The van der Waals surface area contributed by atoms with Crippen LogP contribution in [-0.2, 0) is 0 Å². The van der Waals surface area contributed by atoms with E-state index in [4.69, 9.17) is 0 Å². The standard InChI is InChI=1S/C22H17FN2O/c1-16(17-12-14-20(23)15-13-17)24-25-21(18-8-4-2-5-9-18)22(26)19-10-6-3-7-11-19/h2-15H,1H3/b24-16+,25-21+. The van der Waals surface area contributed by atoms with Crippen molar-refractivity contribution in [2.75, 3.05) is 0 Å². The van der Waals surface area contributed by atoms with Crippen molar-refractivity contribution in [2.24, 2.45) is 10.2 Å². The molecule has 0 saturated carbocycles. The zero-order valence-corrected chi connectivity index (χ0v) is 14.3. The Balaban J connectivity index is 2.00. The van der Waals surface area contributed by atoms with Crippen molar-refractivity contribution in [3.8, 4) is 0 Å². The van der Waals surface area contributed by atoms with Crippen molar-refractivity contribution in [3.05, 3.63) is 107 Å². The Kier molecular flexibility index (Phi) is 5.44. The molecule has 0 atom stereocenters. The van der Waals surface area contributed by atoms with Crippen LogP contribution in [0.2, 0.25) is 0 Å². The molecular weight excluding hydrogens is 327 g/mol. The molecule has 0 N–H and O–H groups in total. The molecule has 3 nitrogen and oxygen atoms in total. The fourth-order valence-corrected chi connectivity index (χ4v) is 2.43. The summed E-state index contributed by atoms with van der Waals surface area (Å²) in [5.41, 5.74) is 2.84. The molecule has 0 bridgehead atoms. The lowest BCUT2D eigenvalue weighted by molar-refractivity contribution is 0.106. The van der Waals surface area contributed by atoms with E-state index >= 15 is 0 Å². The number of Topliss-reactive ketones (excluding diaryl/α,β-unsaturated/α-hetero) is 1. The molecule has 0 aliphatic carbocycles. The van der Waals surface area contributed by atoms with Crippen molar-refractivity contribution < 1.29 is 9.18 Å². The van der Waals surface area contributed by atoms with Gasteiger partial charge in [-0.05, 0) is 24.6 Å². The molecule has 3 aromatic rings. The minimum absolute atomic E-state index is 0.201. The predicted molar refractivity (Wildman–Crippen MR) is 102 cm³/mol. The molecule has 0 aromatic heterocycles. The number of halogens is 1. The van der Waals surface area contributed by atoms with Crippen molar-refractivity contribution >= 4 is 17.2 Å². The largest absolute Gasteiger partial charge is 0.287 e. The Morgan fingerprint density at radius 1 is 0.692 bits per heavy atom. The molecule has 128 valence electrons. The second-order valence-corrected chi connectivity index (χ2v) is 5.70. The van der Waals surface area contributed by atoms with Gasteiger partial charge < -0.3 is 0 Å². The first-order valence-corrected chi connectivity index (χ1v) is 8.18. The molecular formula is C22H17FN2O. The van der Waals surface area contributed by atoms with E-state index < -0.39 is 0 Å². The van der Waals surface area contributed by atoms with Crippen molar-refractivity contribution in [2.45, 2.75) is 6.92 Å². The smallest absolute Gasteiger partial charge is 0.213 e. The maximum Gasteiger partial charge on any atom is 0.213 e. The lowest BCUT2D eigenvalue weighted by atomic mass is 10.0. The summed E-state index contributed by atoms with van der Waals surface area (Å²) in [5.74, 6) is -0.512. The van der Waals surface area contributed by atoms with Crippen LogP contribution in [0.25, 0.3) is 0 Å². The number of hydrogen-bond donors (Lipinski definition) is 0. The van der Waals surface area contributed by atoms with E-state index in [-0.39, 0.29) is 17.3 Å². The van der Waals surface area contributed by atoms with Crippen LogP contribution in [0.4, 0.5) is 4.39 Å². The van der Waals surface area contributed by atoms with Crippen LogP contribution in [0, 0.1) is 5.82 Å². The number of carbonyl (C=O) groups excluding carboxylic acids is 1. The van der Waals surface area contributed by atoms with Gasteiger partial charge >= 0.3 is 0 Å². The molecule has 0 amide bonds. The zero-order valence-electron chi connectivity index (χ0n) is 14.3. The molecule has 4 heteroatoms. The molecule has 0 aliphatic heterocycles. The molecule has 0 radical (unpaired) electrons. The molecule has 0 heterocycles. The molecule has 26 heavy (non-hydrogen) atoms. The van der Waals surface area contributed by atoms with Crippen LogP contribution in [0.1, 0.15) is 28.4 Å². The van der Waals surface area contributed by atoms with Crippen LogP contribution in [-0.4, -0.2) is 17.2 Å². The zero-order chi connectivity index (χ0) is 18.4. The third-order valence-corrected chi connectivity index (χ3v) is 3.86. The van der Waals surface area contributed by atoms with Gasteiger partial charge in [0.25, 0.3) is 0 Å². The summed E-state index contributed by atoms with van der Waals surface area (Å²) in [5, 5.41) is 8.44. The van der Waals surface area contributed by atoms with Gasteiger partial charge in [0, 0.05) is 11.1 Å². The Labute approximate surface area is 151 Å². The first-order chi connectivity index (χ1) is 12.6. The Morgan fingerprint density at radius 3 is 1.81 bits per heavy atom. The summed E-state index contributed by atoms with van der Waals surface area (Å²) in [6.45, 7) is 1.77. The van der Waals surface area contributed by atoms with E-state index in [1.807, 2.05) is 48.5 Å². The van der Waals surface area contributed by atoms with Gasteiger partial charge in [-0.15, -0.1) is 5.10 Å². The van der Waals surface area contributed by atoms with E-state index in [0.29, 0.717) is 16.8 Å². The first kappa shape index (κ1) is 17.4. The topological polar surface area (TPSA) is 41.8 Å². The number of rotatable bonds is 5. The Bertz CT molecular complexity index is 946. The van der Waals surface area contributed by atoms with Gasteiger partial charge in [0.1, 0.15) is 11.5 Å². The number of carbonyl (C=O) groups is 1. The van der Waals surface area contributed by atoms with E-state index in [0.717, 1.165) is 5.56 Å². The third kappa shape index (κ3) is 4.16. The maximum atomic E-state index is 13.1. The van der Waals surface area contributed by atoms with Crippen molar-refractivity contribution in [3.63, 3.8) is 0 Å². The average Bonchev–Trinajstić information content (AvgIpc) is 2.70. The highest BCUT2D eigenvalue weighted by Crippen LogP contribution is 2.11. The monoisotopic (exact) mass is 344 g/mol. The molecule has 0 aliphatic rings. The normalized spacial score (nSPS) is 12.1. The highest BCUT2D eigenvalue weighted by molar-refractivity contribution is 6.51. The van der Waals surface area contributed by atoms with Crippen LogP contribution in [0.5, 0.6) is 0 Å². The van der Waals surface area contributed by atoms with Gasteiger partial charge in [-0.2, -0.15) is 5.10 Å². The fraction of sp³-hybridized carbons (Fsp3) is 0.0455. The van der Waals surface area contributed by atoms with E-state index in [2.05, 4.69) is 10.2 Å². The van der Waals surface area contributed by atoms with Crippen LogP contribution in [0.3, 0.4) is 0 Å². The summed E-state index contributed by atoms with van der Waals surface area (Å²) in [6.07, 6.45) is 0. The minimum Gasteiger partial charge on any atom is -0.287 e. The lowest BCUT2D eigenvalue weighted by Gasteiger charge is -2.05. The Hall–Kier alpha value is -3.40. The number of benzene rings is 3. The summed E-state index contributed by atoms with van der Waals surface area (Å²) in [6, 6.07) is 24.2.